The van der Waals surface area contributed by atoms with Crippen molar-refractivity contribution in [3.8, 4) is 11.1 Å². The van der Waals surface area contributed by atoms with Crippen LogP contribution in [0.4, 0.5) is 18.9 Å². The zero-order chi connectivity index (χ0) is 23.5. The molecular formula is C22H19F3N2O3S2. The minimum absolute atomic E-state index is 0.0262. The van der Waals surface area contributed by atoms with E-state index >= 15 is 0 Å². The van der Waals surface area contributed by atoms with Crippen LogP contribution in [0.2, 0.25) is 0 Å². The number of aromatic nitrogens is 1. The highest BCUT2D eigenvalue weighted by molar-refractivity contribution is 8.00. The van der Waals surface area contributed by atoms with Gasteiger partial charge in [0.05, 0.1) is 10.6 Å². The smallest absolute Gasteiger partial charge is 0.310 e. The standard InChI is InChI=1S/C22H19F3N2O3S2/c1-3-32(29,30)19-13-16(15-7-5-4-6-8-15)14-26-20(19)21(28)27(2)17-9-11-18(12-10-17)31-22(23,24)25/h4-14H,3H2,1-2H3. The first kappa shape index (κ1) is 23.8. The van der Waals surface area contributed by atoms with Gasteiger partial charge in [-0.15, -0.1) is 0 Å². The van der Waals surface area contributed by atoms with Gasteiger partial charge in [-0.25, -0.2) is 13.4 Å². The van der Waals surface area contributed by atoms with Crippen molar-refractivity contribution >= 4 is 33.2 Å². The third kappa shape index (κ3) is 5.49. The number of hydrogen-bond donors (Lipinski definition) is 0. The van der Waals surface area contributed by atoms with Gasteiger partial charge in [-0.2, -0.15) is 13.2 Å². The second-order valence-corrected chi connectivity index (χ2v) is 10.1. The lowest BCUT2D eigenvalue weighted by Gasteiger charge is -2.19. The number of sulfone groups is 1. The maximum Gasteiger partial charge on any atom is 0.446 e. The van der Waals surface area contributed by atoms with E-state index in [4.69, 9.17) is 0 Å². The van der Waals surface area contributed by atoms with Crippen LogP contribution in [-0.2, 0) is 9.84 Å². The van der Waals surface area contributed by atoms with Crippen molar-refractivity contribution in [3.63, 3.8) is 0 Å². The molecule has 32 heavy (non-hydrogen) atoms. The molecule has 0 aliphatic carbocycles. The zero-order valence-electron chi connectivity index (χ0n) is 17.1. The van der Waals surface area contributed by atoms with Gasteiger partial charge in [-0.1, -0.05) is 37.3 Å². The van der Waals surface area contributed by atoms with Crippen molar-refractivity contribution in [2.24, 2.45) is 0 Å². The molecule has 2 aromatic carbocycles. The van der Waals surface area contributed by atoms with Crippen LogP contribution in [0.3, 0.4) is 0 Å². The van der Waals surface area contributed by atoms with Gasteiger partial charge in [0.2, 0.25) is 0 Å². The Kier molecular flexibility index (Phi) is 6.94. The fraction of sp³-hybridized carbons (Fsp3) is 0.182. The van der Waals surface area contributed by atoms with E-state index in [0.29, 0.717) is 11.3 Å². The molecule has 3 aromatic rings. The summed E-state index contributed by atoms with van der Waals surface area (Å²) < 4.78 is 63.0. The highest BCUT2D eigenvalue weighted by atomic mass is 32.2. The van der Waals surface area contributed by atoms with Crippen molar-refractivity contribution in [2.45, 2.75) is 22.2 Å². The third-order valence-corrected chi connectivity index (χ3v) is 7.12. The maximum absolute atomic E-state index is 13.1. The van der Waals surface area contributed by atoms with E-state index in [0.717, 1.165) is 10.5 Å². The normalized spacial score (nSPS) is 11.9. The van der Waals surface area contributed by atoms with Gasteiger partial charge in [0.25, 0.3) is 5.91 Å². The molecule has 0 atom stereocenters. The molecule has 3 rings (SSSR count). The molecule has 0 spiro atoms. The van der Waals surface area contributed by atoms with E-state index in [1.807, 2.05) is 6.07 Å². The predicted molar refractivity (Wildman–Crippen MR) is 118 cm³/mol. The molecule has 168 valence electrons. The quantitative estimate of drug-likeness (QED) is 0.440. The van der Waals surface area contributed by atoms with Gasteiger partial charge in [-0.05, 0) is 47.7 Å². The Morgan fingerprint density at radius 3 is 2.22 bits per heavy atom. The highest BCUT2D eigenvalue weighted by Gasteiger charge is 2.30. The molecule has 0 aliphatic rings. The first-order chi connectivity index (χ1) is 15.0. The summed E-state index contributed by atoms with van der Waals surface area (Å²) in [6.07, 6.45) is 1.42. The van der Waals surface area contributed by atoms with Crippen LogP contribution in [0.5, 0.6) is 0 Å². The lowest BCUT2D eigenvalue weighted by Crippen LogP contribution is -2.29. The summed E-state index contributed by atoms with van der Waals surface area (Å²) >= 11 is -0.261. The van der Waals surface area contributed by atoms with Crippen molar-refractivity contribution in [3.05, 3.63) is 72.6 Å². The summed E-state index contributed by atoms with van der Waals surface area (Å²) in [4.78, 5) is 18.2. The monoisotopic (exact) mass is 480 g/mol. The van der Waals surface area contributed by atoms with Gasteiger partial charge in [0.15, 0.2) is 9.84 Å². The van der Waals surface area contributed by atoms with Crippen molar-refractivity contribution in [2.75, 3.05) is 17.7 Å². The third-order valence-electron chi connectivity index (χ3n) is 4.64. The van der Waals surface area contributed by atoms with Crippen LogP contribution in [0, 0.1) is 0 Å². The number of alkyl halides is 3. The van der Waals surface area contributed by atoms with Crippen LogP contribution in [0.15, 0.2) is 76.7 Å². The number of carbonyl (C=O) groups excluding carboxylic acids is 1. The molecule has 0 radical (unpaired) electrons. The van der Waals surface area contributed by atoms with Crippen LogP contribution < -0.4 is 4.90 Å². The SMILES string of the molecule is CCS(=O)(=O)c1cc(-c2ccccc2)cnc1C(=O)N(C)c1ccc(SC(F)(F)F)cc1. The highest BCUT2D eigenvalue weighted by Crippen LogP contribution is 2.37. The Morgan fingerprint density at radius 1 is 1.03 bits per heavy atom. The van der Waals surface area contributed by atoms with Crippen molar-refractivity contribution < 1.29 is 26.4 Å². The molecule has 0 aliphatic heterocycles. The Hall–Kier alpha value is -2.85. The summed E-state index contributed by atoms with van der Waals surface area (Å²) in [5.41, 5.74) is -3.07. The lowest BCUT2D eigenvalue weighted by atomic mass is 10.1. The summed E-state index contributed by atoms with van der Waals surface area (Å²) in [5.74, 6) is -0.909. The number of pyridine rings is 1. The van der Waals surface area contributed by atoms with Gasteiger partial charge in [0, 0.05) is 29.4 Å². The van der Waals surface area contributed by atoms with Gasteiger partial charge in [0.1, 0.15) is 5.69 Å². The molecule has 1 amide bonds. The predicted octanol–water partition coefficient (Wildman–Crippen LogP) is 5.43. The van der Waals surface area contributed by atoms with Gasteiger partial charge in [-0.3, -0.25) is 4.79 Å². The van der Waals surface area contributed by atoms with Crippen LogP contribution in [-0.4, -0.2) is 37.6 Å². The number of thioether (sulfide) groups is 1. The topological polar surface area (TPSA) is 67.3 Å². The Bertz CT molecular complexity index is 1210. The van der Waals surface area contributed by atoms with Crippen LogP contribution in [0.25, 0.3) is 11.1 Å². The van der Waals surface area contributed by atoms with E-state index in [2.05, 4.69) is 4.98 Å². The molecule has 0 bridgehead atoms. The fourth-order valence-corrected chi connectivity index (χ4v) is 4.53. The molecule has 1 aromatic heterocycles. The summed E-state index contributed by atoms with van der Waals surface area (Å²) in [5, 5.41) is 0. The lowest BCUT2D eigenvalue weighted by molar-refractivity contribution is -0.0328. The minimum Gasteiger partial charge on any atom is -0.310 e. The number of rotatable bonds is 6. The molecule has 1 heterocycles. The average Bonchev–Trinajstić information content (AvgIpc) is 2.77. The molecule has 0 saturated heterocycles. The number of carbonyl (C=O) groups is 1. The largest absolute Gasteiger partial charge is 0.446 e. The Labute approximate surface area is 188 Å². The molecular weight excluding hydrogens is 461 g/mol. The number of benzene rings is 2. The molecule has 0 fully saturated rings. The van der Waals surface area contributed by atoms with E-state index in [1.165, 1.54) is 50.5 Å². The van der Waals surface area contributed by atoms with Crippen molar-refractivity contribution in [1.82, 2.24) is 4.98 Å². The Morgan fingerprint density at radius 2 is 1.66 bits per heavy atom. The Balaban J connectivity index is 1.98. The summed E-state index contributed by atoms with van der Waals surface area (Å²) in [6, 6.07) is 15.7. The number of anilines is 1. The molecule has 0 unspecified atom stereocenters. The first-order valence-corrected chi connectivity index (χ1v) is 11.9. The van der Waals surface area contributed by atoms with Gasteiger partial charge >= 0.3 is 5.51 Å². The van der Waals surface area contributed by atoms with E-state index < -0.39 is 21.3 Å². The average molecular weight is 481 g/mol. The van der Waals surface area contributed by atoms with E-state index in [-0.39, 0.29) is 33.0 Å². The zero-order valence-corrected chi connectivity index (χ0v) is 18.8. The fourth-order valence-electron chi connectivity index (χ4n) is 2.93. The van der Waals surface area contributed by atoms with Crippen molar-refractivity contribution in [1.29, 1.82) is 0 Å². The second kappa shape index (κ2) is 9.33. The van der Waals surface area contributed by atoms with Gasteiger partial charge < -0.3 is 4.90 Å². The van der Waals surface area contributed by atoms with Crippen LogP contribution >= 0.6 is 11.8 Å². The molecule has 0 N–H and O–H groups in total. The second-order valence-electron chi connectivity index (χ2n) is 6.75. The molecule has 10 heteroatoms. The summed E-state index contributed by atoms with van der Waals surface area (Å²) in [7, 11) is -2.38. The molecule has 5 nitrogen and oxygen atoms in total. The number of amides is 1. The number of halogens is 3. The van der Waals surface area contributed by atoms with E-state index in [9.17, 15) is 26.4 Å². The van der Waals surface area contributed by atoms with E-state index in [1.54, 1.807) is 24.3 Å². The first-order valence-electron chi connectivity index (χ1n) is 9.44. The number of hydrogen-bond acceptors (Lipinski definition) is 5. The summed E-state index contributed by atoms with van der Waals surface area (Å²) in [6.45, 7) is 1.47. The maximum atomic E-state index is 13.1. The minimum atomic E-state index is -4.42. The number of nitrogens with zero attached hydrogens (tertiary/aromatic N) is 2. The van der Waals surface area contributed by atoms with Crippen LogP contribution in [0.1, 0.15) is 17.4 Å². The molecule has 0 saturated carbocycles.